The third kappa shape index (κ3) is 2.60. The minimum absolute atomic E-state index is 0.172. The van der Waals surface area contributed by atoms with Crippen LogP contribution in [0.15, 0.2) is 35.7 Å². The Balaban J connectivity index is 2.01. The first kappa shape index (κ1) is 13.6. The maximum Gasteiger partial charge on any atom is 0.182 e. The smallest absolute Gasteiger partial charge is 0.182 e. The molecule has 0 aliphatic rings. The van der Waals surface area contributed by atoms with Gasteiger partial charge in [-0.25, -0.2) is 28.3 Å². The van der Waals surface area contributed by atoms with Crippen LogP contribution in [0.3, 0.4) is 0 Å². The van der Waals surface area contributed by atoms with Crippen LogP contribution in [0.2, 0.25) is 0 Å². The lowest BCUT2D eigenvalue weighted by atomic mass is 10.3. The van der Waals surface area contributed by atoms with Crippen LogP contribution >= 0.6 is 0 Å². The van der Waals surface area contributed by atoms with E-state index in [1.165, 1.54) is 30.9 Å². The van der Waals surface area contributed by atoms with E-state index in [0.29, 0.717) is 21.9 Å². The molecule has 0 fully saturated rings. The summed E-state index contributed by atoms with van der Waals surface area (Å²) in [4.78, 5) is 15.4. The SMILES string of the molecule is CNS(=O)c1ccc(F)c(Nc2ncnc3nc[nH]c23)c1. The zero-order chi connectivity index (χ0) is 14.8. The van der Waals surface area contributed by atoms with Gasteiger partial charge in [-0.1, -0.05) is 0 Å². The third-order valence-corrected chi connectivity index (χ3v) is 3.87. The van der Waals surface area contributed by atoms with Crippen molar-refractivity contribution in [2.24, 2.45) is 0 Å². The van der Waals surface area contributed by atoms with Crippen molar-refractivity contribution in [2.45, 2.75) is 4.90 Å². The summed E-state index contributed by atoms with van der Waals surface area (Å²) < 4.78 is 28.2. The molecule has 1 aromatic carbocycles. The lowest BCUT2D eigenvalue weighted by molar-refractivity contribution is 0.630. The second-order valence-electron chi connectivity index (χ2n) is 4.06. The van der Waals surface area contributed by atoms with E-state index in [-0.39, 0.29) is 5.69 Å². The van der Waals surface area contributed by atoms with Gasteiger partial charge in [0.2, 0.25) is 0 Å². The molecule has 0 saturated carbocycles. The number of nitrogens with zero attached hydrogens (tertiary/aromatic N) is 3. The van der Waals surface area contributed by atoms with Gasteiger partial charge in [0.15, 0.2) is 11.5 Å². The van der Waals surface area contributed by atoms with Gasteiger partial charge in [0.1, 0.15) is 28.6 Å². The number of H-pyrrole nitrogens is 1. The van der Waals surface area contributed by atoms with Gasteiger partial charge >= 0.3 is 0 Å². The van der Waals surface area contributed by atoms with Crippen LogP contribution < -0.4 is 10.0 Å². The molecule has 0 spiro atoms. The molecule has 2 heterocycles. The van der Waals surface area contributed by atoms with Crippen LogP contribution in [-0.4, -0.2) is 31.2 Å². The summed E-state index contributed by atoms with van der Waals surface area (Å²) in [6.45, 7) is 0. The Morgan fingerprint density at radius 3 is 2.95 bits per heavy atom. The van der Waals surface area contributed by atoms with Crippen LogP contribution in [0.25, 0.3) is 11.2 Å². The number of rotatable bonds is 4. The Morgan fingerprint density at radius 2 is 2.14 bits per heavy atom. The summed E-state index contributed by atoms with van der Waals surface area (Å²) in [6.07, 6.45) is 2.81. The Morgan fingerprint density at radius 1 is 1.29 bits per heavy atom. The first-order valence-electron chi connectivity index (χ1n) is 5.99. The van der Waals surface area contributed by atoms with Crippen molar-refractivity contribution >= 4 is 33.7 Å². The molecule has 0 saturated heterocycles. The molecule has 108 valence electrons. The summed E-state index contributed by atoms with van der Waals surface area (Å²) in [5.41, 5.74) is 1.21. The molecule has 9 heteroatoms. The monoisotopic (exact) mass is 306 g/mol. The average Bonchev–Trinajstić information content (AvgIpc) is 2.98. The quantitative estimate of drug-likeness (QED) is 0.678. The molecule has 0 amide bonds. The molecular weight excluding hydrogens is 295 g/mol. The zero-order valence-electron chi connectivity index (χ0n) is 10.9. The molecule has 7 nitrogen and oxygen atoms in total. The number of imidazole rings is 1. The van der Waals surface area contributed by atoms with Crippen LogP contribution in [0.1, 0.15) is 0 Å². The molecule has 3 rings (SSSR count). The molecule has 21 heavy (non-hydrogen) atoms. The first-order chi connectivity index (χ1) is 10.2. The Labute approximate surface area is 121 Å². The Bertz CT molecular complexity index is 820. The summed E-state index contributed by atoms with van der Waals surface area (Å²) in [5.74, 6) is -0.0816. The van der Waals surface area contributed by atoms with Crippen LogP contribution in [-0.2, 0) is 11.0 Å². The summed E-state index contributed by atoms with van der Waals surface area (Å²) in [7, 11) is 0.165. The Hall–Kier alpha value is -2.39. The topological polar surface area (TPSA) is 95.6 Å². The van der Waals surface area contributed by atoms with Crippen LogP contribution in [0.4, 0.5) is 15.9 Å². The molecule has 1 unspecified atom stereocenters. The highest BCUT2D eigenvalue weighted by atomic mass is 32.2. The lowest BCUT2D eigenvalue weighted by Gasteiger charge is -2.09. The van der Waals surface area contributed by atoms with E-state index in [9.17, 15) is 8.60 Å². The number of hydrogen-bond acceptors (Lipinski definition) is 5. The van der Waals surface area contributed by atoms with Crippen molar-refractivity contribution in [3.05, 3.63) is 36.7 Å². The van der Waals surface area contributed by atoms with E-state index >= 15 is 0 Å². The van der Waals surface area contributed by atoms with Crippen molar-refractivity contribution in [3.63, 3.8) is 0 Å². The molecule has 2 aromatic heterocycles. The fraction of sp³-hybridized carbons (Fsp3) is 0.0833. The summed E-state index contributed by atoms with van der Waals surface area (Å²) in [5, 5.41) is 2.86. The van der Waals surface area contributed by atoms with E-state index in [4.69, 9.17) is 0 Å². The van der Waals surface area contributed by atoms with E-state index in [2.05, 4.69) is 30.0 Å². The number of fused-ring (bicyclic) bond motifs is 1. The number of aromatic nitrogens is 4. The maximum atomic E-state index is 13.9. The average molecular weight is 306 g/mol. The van der Waals surface area contributed by atoms with Crippen molar-refractivity contribution in [1.82, 2.24) is 24.7 Å². The highest BCUT2D eigenvalue weighted by Crippen LogP contribution is 2.24. The van der Waals surface area contributed by atoms with E-state index in [1.54, 1.807) is 7.05 Å². The zero-order valence-corrected chi connectivity index (χ0v) is 11.7. The third-order valence-electron chi connectivity index (χ3n) is 2.81. The largest absolute Gasteiger partial charge is 0.340 e. The molecule has 3 N–H and O–H groups in total. The second-order valence-corrected chi connectivity index (χ2v) is 5.48. The summed E-state index contributed by atoms with van der Waals surface area (Å²) >= 11 is 0. The van der Waals surface area contributed by atoms with Gasteiger partial charge in [0.25, 0.3) is 0 Å². The standard InChI is InChI=1S/C12H11FN6OS/c1-14-21(20)7-2-3-8(13)9(4-7)19-12-10-11(16-5-15-10)17-6-18-12/h2-6,14H,1H3,(H2,15,16,17,18,19). The number of hydrogen-bond donors (Lipinski definition) is 3. The van der Waals surface area contributed by atoms with Crippen molar-refractivity contribution in [2.75, 3.05) is 12.4 Å². The highest BCUT2D eigenvalue weighted by molar-refractivity contribution is 7.83. The second kappa shape index (κ2) is 5.54. The predicted molar refractivity (Wildman–Crippen MR) is 76.8 cm³/mol. The maximum absolute atomic E-state index is 13.9. The van der Waals surface area contributed by atoms with Crippen molar-refractivity contribution in [1.29, 1.82) is 0 Å². The van der Waals surface area contributed by atoms with Crippen LogP contribution in [0.5, 0.6) is 0 Å². The fourth-order valence-electron chi connectivity index (χ4n) is 1.82. The van der Waals surface area contributed by atoms with E-state index in [1.807, 2.05) is 0 Å². The van der Waals surface area contributed by atoms with Gasteiger partial charge < -0.3 is 10.3 Å². The number of benzene rings is 1. The molecule has 0 bridgehead atoms. The van der Waals surface area contributed by atoms with E-state index < -0.39 is 16.8 Å². The highest BCUT2D eigenvalue weighted by Gasteiger charge is 2.11. The normalized spacial score (nSPS) is 12.5. The van der Waals surface area contributed by atoms with E-state index in [0.717, 1.165) is 0 Å². The lowest BCUT2D eigenvalue weighted by Crippen LogP contribution is -2.11. The van der Waals surface area contributed by atoms with Gasteiger partial charge in [0.05, 0.1) is 16.9 Å². The number of halogens is 1. The fourth-order valence-corrected chi connectivity index (χ4v) is 2.47. The van der Waals surface area contributed by atoms with Crippen molar-refractivity contribution < 1.29 is 8.60 Å². The molecule has 0 aliphatic heterocycles. The van der Waals surface area contributed by atoms with Gasteiger partial charge in [0, 0.05) is 0 Å². The Kier molecular flexibility index (Phi) is 3.59. The number of anilines is 2. The number of aromatic amines is 1. The minimum atomic E-state index is -1.40. The molecule has 3 aromatic rings. The molecular formula is C12H11FN6OS. The van der Waals surface area contributed by atoms with Gasteiger partial charge in [-0.05, 0) is 25.2 Å². The van der Waals surface area contributed by atoms with Gasteiger partial charge in [-0.2, -0.15) is 0 Å². The van der Waals surface area contributed by atoms with Gasteiger partial charge in [-0.15, -0.1) is 0 Å². The predicted octanol–water partition coefficient (Wildman–Crippen LogP) is 1.48. The molecule has 0 radical (unpaired) electrons. The van der Waals surface area contributed by atoms with Crippen LogP contribution in [0, 0.1) is 5.82 Å². The van der Waals surface area contributed by atoms with Gasteiger partial charge in [-0.3, -0.25) is 0 Å². The minimum Gasteiger partial charge on any atom is -0.340 e. The first-order valence-corrected chi connectivity index (χ1v) is 7.14. The number of nitrogens with one attached hydrogen (secondary N) is 3. The summed E-state index contributed by atoms with van der Waals surface area (Å²) in [6, 6.07) is 4.17. The van der Waals surface area contributed by atoms with Crippen molar-refractivity contribution in [3.8, 4) is 0 Å². The molecule has 0 aliphatic carbocycles. The molecule has 1 atom stereocenters.